The number of ether oxygens (including phenoxy) is 2. The Balaban J connectivity index is 1.63. The van der Waals surface area contributed by atoms with Gasteiger partial charge in [0.25, 0.3) is 5.91 Å². The topological polar surface area (TPSA) is 89.6 Å². The Labute approximate surface area is 216 Å². The molecule has 0 saturated carbocycles. The van der Waals surface area contributed by atoms with Crippen molar-refractivity contribution >= 4 is 17.4 Å². The van der Waals surface area contributed by atoms with Gasteiger partial charge in [-0.2, -0.15) is 0 Å². The normalized spacial score (nSPS) is 19.2. The summed E-state index contributed by atoms with van der Waals surface area (Å²) in [5.41, 5.74) is 5.00. The number of ketones is 1. The van der Waals surface area contributed by atoms with Crippen LogP contribution >= 0.6 is 0 Å². The number of hydrogen-bond donors (Lipinski definition) is 2. The second-order valence-electron chi connectivity index (χ2n) is 9.23. The number of hydrogen-bond acceptors (Lipinski definition) is 6. The van der Waals surface area contributed by atoms with Gasteiger partial charge in [-0.3, -0.25) is 14.6 Å². The molecule has 5 rings (SSSR count). The Morgan fingerprint density at radius 2 is 1.84 bits per heavy atom. The number of amides is 1. The number of allylic oxidation sites excluding steroid dienone is 3. The molecule has 7 heteroatoms. The molecule has 2 atom stereocenters. The van der Waals surface area contributed by atoms with Crippen molar-refractivity contribution in [1.29, 1.82) is 0 Å². The molecule has 7 nitrogen and oxygen atoms in total. The Hall–Kier alpha value is -4.39. The number of carbonyl (C=O) groups excluding carboxylic acids is 2. The summed E-state index contributed by atoms with van der Waals surface area (Å²) in [5, 5.41) is 6.37. The third kappa shape index (κ3) is 4.72. The van der Waals surface area contributed by atoms with Crippen molar-refractivity contribution in [2.45, 2.75) is 31.6 Å². The lowest BCUT2D eigenvalue weighted by Gasteiger charge is -2.37. The smallest absolute Gasteiger partial charge is 0.254 e. The van der Waals surface area contributed by atoms with Gasteiger partial charge in [0, 0.05) is 40.7 Å². The van der Waals surface area contributed by atoms with Gasteiger partial charge in [0.05, 0.1) is 32.0 Å². The number of carbonyl (C=O) groups is 2. The quantitative estimate of drug-likeness (QED) is 0.495. The number of dihydropyridines is 1. The lowest BCUT2D eigenvalue weighted by Crippen LogP contribution is -2.37. The zero-order chi connectivity index (χ0) is 25.9. The lowest BCUT2D eigenvalue weighted by atomic mass is 9.71. The standard InChI is InChI=1S/C30H29N3O4/c1-18-27(30(35)33-21-10-7-13-31-17-21)28(23-16-22(36-2)11-12-26(23)37-3)29-24(32-18)14-20(15-25(29)34)19-8-5-4-6-9-19/h4-13,16-17,20,28,32H,14-15H2,1-3H3,(H,33,35). The fourth-order valence-corrected chi connectivity index (χ4v) is 5.31. The number of nitrogens with one attached hydrogen (secondary N) is 2. The van der Waals surface area contributed by atoms with E-state index in [-0.39, 0.29) is 17.6 Å². The molecule has 2 unspecified atom stereocenters. The summed E-state index contributed by atoms with van der Waals surface area (Å²) < 4.78 is 11.2. The molecule has 188 valence electrons. The molecule has 0 fully saturated rings. The van der Waals surface area contributed by atoms with Crippen LogP contribution in [0.1, 0.15) is 42.7 Å². The minimum atomic E-state index is -0.623. The molecule has 37 heavy (non-hydrogen) atoms. The van der Waals surface area contributed by atoms with Crippen LogP contribution < -0.4 is 20.1 Å². The summed E-state index contributed by atoms with van der Waals surface area (Å²) in [6.45, 7) is 1.87. The van der Waals surface area contributed by atoms with Crippen LogP contribution in [0, 0.1) is 0 Å². The van der Waals surface area contributed by atoms with Gasteiger partial charge in [-0.05, 0) is 55.2 Å². The summed E-state index contributed by atoms with van der Waals surface area (Å²) in [5.74, 6) is 0.339. The van der Waals surface area contributed by atoms with Crippen LogP contribution in [0.25, 0.3) is 0 Å². The molecule has 1 aromatic heterocycles. The molecule has 0 radical (unpaired) electrons. The molecule has 0 saturated heterocycles. The maximum Gasteiger partial charge on any atom is 0.254 e. The fourth-order valence-electron chi connectivity index (χ4n) is 5.31. The SMILES string of the molecule is COc1ccc(OC)c(C2C(C(=O)Nc3cccnc3)=C(C)NC3=C2C(=O)CC(c2ccccc2)C3)c1. The van der Waals surface area contributed by atoms with Gasteiger partial charge in [0.1, 0.15) is 11.5 Å². The summed E-state index contributed by atoms with van der Waals surface area (Å²) in [6, 6.07) is 19.1. The van der Waals surface area contributed by atoms with Crippen LogP contribution in [0.5, 0.6) is 11.5 Å². The van der Waals surface area contributed by atoms with E-state index in [1.807, 2.05) is 37.3 Å². The maximum absolute atomic E-state index is 13.8. The van der Waals surface area contributed by atoms with E-state index < -0.39 is 5.92 Å². The largest absolute Gasteiger partial charge is 0.497 e. The number of nitrogens with zero attached hydrogens (tertiary/aromatic N) is 1. The monoisotopic (exact) mass is 495 g/mol. The van der Waals surface area contributed by atoms with Crippen molar-refractivity contribution in [2.75, 3.05) is 19.5 Å². The molecule has 2 N–H and O–H groups in total. The minimum absolute atomic E-state index is 0.0108. The molecule has 2 heterocycles. The molecule has 2 aliphatic rings. The second kappa shape index (κ2) is 10.3. The van der Waals surface area contributed by atoms with E-state index in [4.69, 9.17) is 9.47 Å². The molecule has 1 amide bonds. The lowest BCUT2D eigenvalue weighted by molar-refractivity contribution is -0.116. The number of pyridine rings is 1. The van der Waals surface area contributed by atoms with Gasteiger partial charge < -0.3 is 20.1 Å². The highest BCUT2D eigenvalue weighted by Gasteiger charge is 2.42. The number of anilines is 1. The molecule has 0 bridgehead atoms. The minimum Gasteiger partial charge on any atom is -0.497 e. The third-order valence-corrected chi connectivity index (χ3v) is 7.01. The summed E-state index contributed by atoms with van der Waals surface area (Å²) in [7, 11) is 3.17. The number of Topliss-reactive ketones (excluding diaryl/α,β-unsaturated/α-hetero) is 1. The van der Waals surface area contributed by atoms with Crippen molar-refractivity contribution in [3.8, 4) is 11.5 Å². The maximum atomic E-state index is 13.8. The van der Waals surface area contributed by atoms with Crippen LogP contribution in [0.3, 0.4) is 0 Å². The van der Waals surface area contributed by atoms with Crippen LogP contribution in [-0.2, 0) is 9.59 Å². The van der Waals surface area contributed by atoms with E-state index in [9.17, 15) is 9.59 Å². The summed E-state index contributed by atoms with van der Waals surface area (Å²) in [6.07, 6.45) is 4.27. The molecule has 2 aromatic carbocycles. The Morgan fingerprint density at radius 3 is 2.54 bits per heavy atom. The average molecular weight is 496 g/mol. The van der Waals surface area contributed by atoms with Crippen LogP contribution in [0.15, 0.2) is 95.6 Å². The molecule has 1 aliphatic carbocycles. The molecule has 0 spiro atoms. The van der Waals surface area contributed by atoms with E-state index in [1.54, 1.807) is 44.8 Å². The van der Waals surface area contributed by atoms with Crippen LogP contribution in [0.4, 0.5) is 5.69 Å². The highest BCUT2D eigenvalue weighted by Crippen LogP contribution is 2.48. The molecule has 1 aliphatic heterocycles. The van der Waals surface area contributed by atoms with Crippen molar-refractivity contribution < 1.29 is 19.1 Å². The van der Waals surface area contributed by atoms with E-state index in [1.165, 1.54) is 0 Å². The van der Waals surface area contributed by atoms with E-state index >= 15 is 0 Å². The first-order chi connectivity index (χ1) is 18.0. The van der Waals surface area contributed by atoms with E-state index in [2.05, 4.69) is 27.8 Å². The van der Waals surface area contributed by atoms with Gasteiger partial charge in [-0.15, -0.1) is 0 Å². The van der Waals surface area contributed by atoms with Crippen molar-refractivity contribution in [2.24, 2.45) is 0 Å². The van der Waals surface area contributed by atoms with Gasteiger partial charge in [-0.25, -0.2) is 0 Å². The van der Waals surface area contributed by atoms with Gasteiger partial charge in [-0.1, -0.05) is 30.3 Å². The van der Waals surface area contributed by atoms with Gasteiger partial charge >= 0.3 is 0 Å². The predicted octanol–water partition coefficient (Wildman–Crippen LogP) is 5.10. The van der Waals surface area contributed by atoms with E-state index in [0.29, 0.717) is 52.4 Å². The fraction of sp³-hybridized carbons (Fsp3) is 0.233. The van der Waals surface area contributed by atoms with Crippen LogP contribution in [0.2, 0.25) is 0 Å². The van der Waals surface area contributed by atoms with Crippen molar-refractivity contribution in [3.05, 3.63) is 107 Å². The van der Waals surface area contributed by atoms with E-state index in [0.717, 1.165) is 11.3 Å². The third-order valence-electron chi connectivity index (χ3n) is 7.01. The summed E-state index contributed by atoms with van der Waals surface area (Å²) in [4.78, 5) is 31.7. The Bertz CT molecular complexity index is 1400. The highest BCUT2D eigenvalue weighted by atomic mass is 16.5. The second-order valence-corrected chi connectivity index (χ2v) is 9.23. The Kier molecular flexibility index (Phi) is 6.77. The van der Waals surface area contributed by atoms with Gasteiger partial charge in [0.15, 0.2) is 5.78 Å². The number of benzene rings is 2. The Morgan fingerprint density at radius 1 is 1.03 bits per heavy atom. The predicted molar refractivity (Wildman–Crippen MR) is 141 cm³/mol. The van der Waals surface area contributed by atoms with Crippen molar-refractivity contribution in [1.82, 2.24) is 10.3 Å². The number of methoxy groups -OCH3 is 2. The first-order valence-electron chi connectivity index (χ1n) is 12.2. The first kappa shape index (κ1) is 24.3. The number of rotatable bonds is 6. The highest BCUT2D eigenvalue weighted by molar-refractivity contribution is 6.10. The number of aromatic nitrogens is 1. The molecule has 3 aromatic rings. The molecular weight excluding hydrogens is 466 g/mol. The average Bonchev–Trinajstić information content (AvgIpc) is 2.92. The zero-order valence-electron chi connectivity index (χ0n) is 21.1. The summed E-state index contributed by atoms with van der Waals surface area (Å²) >= 11 is 0. The zero-order valence-corrected chi connectivity index (χ0v) is 21.1. The first-order valence-corrected chi connectivity index (χ1v) is 12.2. The van der Waals surface area contributed by atoms with Crippen LogP contribution in [-0.4, -0.2) is 30.9 Å². The van der Waals surface area contributed by atoms with Gasteiger partial charge in [0.2, 0.25) is 0 Å². The molecular formula is C30H29N3O4. The van der Waals surface area contributed by atoms with Crippen molar-refractivity contribution in [3.63, 3.8) is 0 Å².